The largest absolute Gasteiger partial charge is 0.431 e. The first-order valence-electron chi connectivity index (χ1n) is 8.48. The number of carbonyl (C=O) groups is 2. The quantitative estimate of drug-likeness (QED) is 0.511. The molecule has 2 amide bonds. The van der Waals surface area contributed by atoms with Crippen molar-refractivity contribution < 1.29 is 18.8 Å². The number of H-pyrrole nitrogens is 1. The molecule has 0 bridgehead atoms. The predicted octanol–water partition coefficient (Wildman–Crippen LogP) is 0.666. The van der Waals surface area contributed by atoms with E-state index in [2.05, 4.69) is 10.6 Å². The van der Waals surface area contributed by atoms with Crippen LogP contribution in [0.2, 0.25) is 0 Å². The molecule has 2 heterocycles. The average Bonchev–Trinajstić information content (AvgIpc) is 3.20. The fraction of sp³-hybridized carbons (Fsp3) is 0.158. The highest BCUT2D eigenvalue weighted by atomic mass is 16.5. The van der Waals surface area contributed by atoms with Gasteiger partial charge in [-0.05, 0) is 22.1 Å². The second-order valence-electron chi connectivity index (χ2n) is 6.14. The van der Waals surface area contributed by atoms with E-state index in [9.17, 15) is 14.4 Å². The minimum absolute atomic E-state index is 0.0365. The first-order chi connectivity index (χ1) is 13.1. The maximum Gasteiger partial charge on any atom is 0.431 e. The summed E-state index contributed by atoms with van der Waals surface area (Å²) >= 11 is 0. The van der Waals surface area contributed by atoms with Gasteiger partial charge >= 0.3 is 11.3 Å². The number of hydrogen-bond donors (Lipinski definition) is 2. The van der Waals surface area contributed by atoms with Gasteiger partial charge in [-0.2, -0.15) is 0 Å². The summed E-state index contributed by atoms with van der Waals surface area (Å²) in [5.74, 6) is -0.613. The molecule has 1 aliphatic rings. The van der Waals surface area contributed by atoms with Crippen LogP contribution in [-0.4, -0.2) is 23.1 Å². The zero-order valence-corrected chi connectivity index (χ0v) is 14.3. The number of rotatable bonds is 5. The van der Waals surface area contributed by atoms with Crippen LogP contribution < -0.4 is 20.5 Å². The molecule has 2 N–H and O–H groups in total. The topological polar surface area (TPSA) is 99.3 Å². The Morgan fingerprint density at radius 3 is 2.41 bits per heavy atom. The highest BCUT2D eigenvalue weighted by molar-refractivity contribution is 6.22. The monoisotopic (exact) mass is 365 g/mol. The summed E-state index contributed by atoms with van der Waals surface area (Å²) in [5, 5.41) is 5.55. The summed E-state index contributed by atoms with van der Waals surface area (Å²) in [6, 6.07) is 17.2. The molecule has 8 heteroatoms. The lowest BCUT2D eigenvalue weighted by molar-refractivity contribution is -0.677. The van der Waals surface area contributed by atoms with E-state index in [-0.39, 0.29) is 24.8 Å². The van der Waals surface area contributed by atoms with Gasteiger partial charge in [0.25, 0.3) is 5.91 Å². The number of amides is 2. The van der Waals surface area contributed by atoms with Gasteiger partial charge in [0.2, 0.25) is 11.6 Å². The summed E-state index contributed by atoms with van der Waals surface area (Å²) in [7, 11) is 0. The Morgan fingerprint density at radius 2 is 1.70 bits per heavy atom. The molecule has 8 nitrogen and oxygen atoms in total. The smallest absolute Gasteiger partial charge is 0.296 e. The van der Waals surface area contributed by atoms with E-state index in [1.165, 1.54) is 9.58 Å². The Balaban J connectivity index is 1.52. The molecule has 136 valence electrons. The summed E-state index contributed by atoms with van der Waals surface area (Å²) < 4.78 is 6.39. The van der Waals surface area contributed by atoms with E-state index in [4.69, 9.17) is 4.52 Å². The Labute approximate surface area is 154 Å². The Hall–Kier alpha value is -3.52. The lowest BCUT2D eigenvalue weighted by Crippen LogP contribution is -2.44. The van der Waals surface area contributed by atoms with Crippen molar-refractivity contribution in [3.63, 3.8) is 0 Å². The lowest BCUT2D eigenvalue weighted by atomic mass is 10.2. The fourth-order valence-corrected chi connectivity index (χ4v) is 3.09. The maximum atomic E-state index is 12.6. The molecule has 4 rings (SSSR count). The van der Waals surface area contributed by atoms with Gasteiger partial charge in [-0.15, -0.1) is 0 Å². The van der Waals surface area contributed by atoms with Gasteiger partial charge in [0, 0.05) is 12.1 Å². The molecule has 1 aromatic heterocycles. The molecule has 0 saturated carbocycles. The van der Waals surface area contributed by atoms with Crippen molar-refractivity contribution in [1.29, 1.82) is 0 Å². The van der Waals surface area contributed by atoms with Crippen LogP contribution in [0.5, 0.6) is 0 Å². The van der Waals surface area contributed by atoms with E-state index in [1.54, 1.807) is 24.3 Å². The molecule has 1 fully saturated rings. The van der Waals surface area contributed by atoms with Crippen molar-refractivity contribution in [3.05, 3.63) is 76.8 Å². The molecule has 3 aromatic rings. The number of imide groups is 1. The minimum Gasteiger partial charge on any atom is -0.296 e. The summed E-state index contributed by atoms with van der Waals surface area (Å²) in [6.45, 7) is 0.0764. The number of aromatic nitrogens is 2. The minimum atomic E-state index is -0.698. The molecule has 1 saturated heterocycles. The van der Waals surface area contributed by atoms with Gasteiger partial charge in [-0.3, -0.25) is 19.4 Å². The van der Waals surface area contributed by atoms with E-state index in [0.717, 1.165) is 5.69 Å². The van der Waals surface area contributed by atoms with E-state index in [0.29, 0.717) is 11.4 Å². The van der Waals surface area contributed by atoms with Crippen molar-refractivity contribution in [2.24, 2.45) is 0 Å². The third-order valence-electron chi connectivity index (χ3n) is 4.43. The Kier molecular flexibility index (Phi) is 4.39. The fourth-order valence-electron chi connectivity index (χ4n) is 3.09. The molecule has 0 spiro atoms. The number of nitrogens with one attached hydrogen (secondary N) is 2. The van der Waals surface area contributed by atoms with E-state index >= 15 is 0 Å². The highest BCUT2D eigenvalue weighted by Gasteiger charge is 2.40. The lowest BCUT2D eigenvalue weighted by Gasteiger charge is -2.14. The maximum absolute atomic E-state index is 12.6. The van der Waals surface area contributed by atoms with Crippen LogP contribution in [0.3, 0.4) is 0 Å². The number of carbonyl (C=O) groups excluding carboxylic acids is 2. The Morgan fingerprint density at radius 1 is 1.04 bits per heavy atom. The first kappa shape index (κ1) is 16.9. The average molecular weight is 365 g/mol. The predicted molar refractivity (Wildman–Crippen MR) is 95.0 cm³/mol. The number of anilines is 1. The SMILES string of the molecule is O=C1CC(NCc2c(=O)o[nH][n+]2-c2ccccc2)C(=O)N1c1ccccc1. The van der Waals surface area contributed by atoms with Crippen LogP contribution in [-0.2, 0) is 16.1 Å². The van der Waals surface area contributed by atoms with Gasteiger partial charge in [0.15, 0.2) is 0 Å². The van der Waals surface area contributed by atoms with Crippen LogP contribution in [0.15, 0.2) is 70.0 Å². The normalized spacial score (nSPS) is 16.9. The first-order valence-corrected chi connectivity index (χ1v) is 8.48. The van der Waals surface area contributed by atoms with Crippen molar-refractivity contribution in [2.75, 3.05) is 4.90 Å². The third kappa shape index (κ3) is 3.18. The van der Waals surface area contributed by atoms with Crippen molar-refractivity contribution in [1.82, 2.24) is 10.6 Å². The molecule has 27 heavy (non-hydrogen) atoms. The highest BCUT2D eigenvalue weighted by Crippen LogP contribution is 2.22. The summed E-state index contributed by atoms with van der Waals surface area (Å²) in [5.41, 5.74) is 1.03. The second kappa shape index (κ2) is 7.00. The number of hydrogen-bond acceptors (Lipinski definition) is 5. The Bertz CT molecular complexity index is 1030. The zero-order chi connectivity index (χ0) is 18.8. The number of nitrogens with zero attached hydrogens (tertiary/aromatic N) is 2. The van der Waals surface area contributed by atoms with Crippen molar-refractivity contribution >= 4 is 17.5 Å². The molecule has 0 aliphatic carbocycles. The van der Waals surface area contributed by atoms with E-state index in [1.807, 2.05) is 36.4 Å². The number of para-hydroxylation sites is 2. The standard InChI is InChI=1S/C19H16N4O4/c24-17-11-15(18(25)22(17)13-7-3-1-4-8-13)20-12-16-19(26)27-21-23(16)14-9-5-2-6-10-14/h1-10,15,20H,11-12H2/p+1. The van der Waals surface area contributed by atoms with Crippen molar-refractivity contribution in [3.8, 4) is 5.69 Å². The molecule has 1 unspecified atom stereocenters. The van der Waals surface area contributed by atoms with Gasteiger partial charge < -0.3 is 0 Å². The molecule has 1 aliphatic heterocycles. The third-order valence-corrected chi connectivity index (χ3v) is 4.43. The summed E-state index contributed by atoms with van der Waals surface area (Å²) in [6.07, 6.45) is 0.0365. The van der Waals surface area contributed by atoms with Crippen molar-refractivity contribution in [2.45, 2.75) is 19.0 Å². The second-order valence-corrected chi connectivity index (χ2v) is 6.14. The van der Waals surface area contributed by atoms with Crippen LogP contribution in [0.4, 0.5) is 5.69 Å². The van der Waals surface area contributed by atoms with Crippen LogP contribution in [0.1, 0.15) is 12.1 Å². The van der Waals surface area contributed by atoms with Gasteiger partial charge in [0.05, 0.1) is 24.7 Å². The van der Waals surface area contributed by atoms with Crippen LogP contribution >= 0.6 is 0 Å². The molecular weight excluding hydrogens is 348 g/mol. The van der Waals surface area contributed by atoms with E-state index < -0.39 is 11.7 Å². The van der Waals surface area contributed by atoms with Gasteiger partial charge in [-0.25, -0.2) is 9.69 Å². The van der Waals surface area contributed by atoms with Gasteiger partial charge in [0.1, 0.15) is 0 Å². The molecule has 0 radical (unpaired) electrons. The van der Waals surface area contributed by atoms with Crippen LogP contribution in [0, 0.1) is 0 Å². The van der Waals surface area contributed by atoms with Gasteiger partial charge in [-0.1, -0.05) is 36.4 Å². The molecule has 2 aromatic carbocycles. The van der Waals surface area contributed by atoms with Crippen LogP contribution in [0.25, 0.3) is 5.69 Å². The molecular formula is C19H17N4O4+. The number of benzene rings is 2. The zero-order valence-electron chi connectivity index (χ0n) is 14.3. The molecule has 1 atom stereocenters. The number of aromatic amines is 1. The summed E-state index contributed by atoms with van der Waals surface area (Å²) in [4.78, 5) is 38.1.